The normalized spacial score (nSPS) is 12.0. The van der Waals surface area contributed by atoms with Crippen molar-refractivity contribution in [3.8, 4) is 0 Å². The summed E-state index contributed by atoms with van der Waals surface area (Å²) in [5.41, 5.74) is -1.50. The number of aromatic amines is 1. The van der Waals surface area contributed by atoms with Crippen molar-refractivity contribution in [2.24, 2.45) is 0 Å². The van der Waals surface area contributed by atoms with Gasteiger partial charge in [0.05, 0.1) is 11.1 Å². The predicted octanol–water partition coefficient (Wildman–Crippen LogP) is 1.70. The average Bonchev–Trinajstić information content (AvgIpc) is 2.33. The Kier molecular flexibility index (Phi) is 3.57. The molecule has 0 fully saturated rings. The number of nitrogens with zero attached hydrogens (tertiary/aromatic N) is 1. The fourth-order valence-corrected chi connectivity index (χ4v) is 1.91. The van der Waals surface area contributed by atoms with E-state index in [-0.39, 0.29) is 5.52 Å². The van der Waals surface area contributed by atoms with Gasteiger partial charge in [0.2, 0.25) is 0 Å². The van der Waals surface area contributed by atoms with Gasteiger partial charge >= 0.3 is 11.9 Å². The Hall–Kier alpha value is -1.89. The van der Waals surface area contributed by atoms with Gasteiger partial charge in [-0.05, 0) is 13.1 Å². The summed E-state index contributed by atoms with van der Waals surface area (Å²) in [6.45, 7) is 0.547. The molecule has 0 amide bonds. The molecule has 1 aromatic heterocycles. The molecular formula is C12H12F3N3O. The van der Waals surface area contributed by atoms with Crippen LogP contribution in [0.4, 0.5) is 13.2 Å². The van der Waals surface area contributed by atoms with E-state index < -0.39 is 17.4 Å². The van der Waals surface area contributed by atoms with Crippen molar-refractivity contribution >= 4 is 10.9 Å². The Morgan fingerprint density at radius 3 is 2.74 bits per heavy atom. The van der Waals surface area contributed by atoms with E-state index in [2.05, 4.69) is 15.3 Å². The number of alkyl halides is 3. The maximum absolute atomic E-state index is 12.9. The highest BCUT2D eigenvalue weighted by molar-refractivity contribution is 5.84. The standard InChI is InChI=1S/C12H12F3N3O/c1-16-6-5-9-7-3-2-4-8(12(13,14)15)10(7)18-11(19)17-9/h2-4,16H,5-6H2,1H3,(H,17,18,19). The van der Waals surface area contributed by atoms with Crippen LogP contribution in [-0.4, -0.2) is 23.6 Å². The second-order valence-corrected chi connectivity index (χ2v) is 4.07. The van der Waals surface area contributed by atoms with E-state index in [0.29, 0.717) is 24.0 Å². The minimum absolute atomic E-state index is 0.301. The Balaban J connectivity index is 2.70. The maximum Gasteiger partial charge on any atom is 0.418 e. The van der Waals surface area contributed by atoms with Gasteiger partial charge in [-0.15, -0.1) is 0 Å². The van der Waals surface area contributed by atoms with Crippen molar-refractivity contribution in [2.45, 2.75) is 12.6 Å². The highest BCUT2D eigenvalue weighted by atomic mass is 19.4. The molecule has 0 saturated heterocycles. The molecule has 0 radical (unpaired) electrons. The number of halogens is 3. The van der Waals surface area contributed by atoms with Gasteiger partial charge in [0.15, 0.2) is 0 Å². The molecule has 2 N–H and O–H groups in total. The lowest BCUT2D eigenvalue weighted by Gasteiger charge is -2.11. The molecule has 102 valence electrons. The van der Waals surface area contributed by atoms with Crippen molar-refractivity contribution in [1.29, 1.82) is 0 Å². The lowest BCUT2D eigenvalue weighted by molar-refractivity contribution is -0.136. The molecule has 4 nitrogen and oxygen atoms in total. The quantitative estimate of drug-likeness (QED) is 0.893. The molecule has 0 atom stereocenters. The van der Waals surface area contributed by atoms with E-state index in [0.717, 1.165) is 6.07 Å². The molecule has 0 bridgehead atoms. The summed E-state index contributed by atoms with van der Waals surface area (Å²) in [6, 6.07) is 3.77. The van der Waals surface area contributed by atoms with Crippen LogP contribution in [0.2, 0.25) is 0 Å². The van der Waals surface area contributed by atoms with Crippen LogP contribution in [0.3, 0.4) is 0 Å². The smallest absolute Gasteiger partial charge is 0.319 e. The Bertz CT molecular complexity index is 649. The zero-order valence-electron chi connectivity index (χ0n) is 10.1. The minimum atomic E-state index is -4.53. The van der Waals surface area contributed by atoms with Gasteiger partial charge in [-0.25, -0.2) is 4.79 Å². The summed E-state index contributed by atoms with van der Waals surface area (Å²) in [5, 5.41) is 3.20. The highest BCUT2D eigenvalue weighted by Crippen LogP contribution is 2.33. The van der Waals surface area contributed by atoms with E-state index in [1.807, 2.05) is 0 Å². The number of para-hydroxylation sites is 1. The molecule has 0 aliphatic rings. The Morgan fingerprint density at radius 2 is 2.11 bits per heavy atom. The van der Waals surface area contributed by atoms with Crippen molar-refractivity contribution in [1.82, 2.24) is 15.3 Å². The lowest BCUT2D eigenvalue weighted by atomic mass is 10.1. The molecule has 7 heteroatoms. The molecule has 0 unspecified atom stereocenters. The van der Waals surface area contributed by atoms with Crippen LogP contribution in [0.5, 0.6) is 0 Å². The topological polar surface area (TPSA) is 57.8 Å². The largest absolute Gasteiger partial charge is 0.418 e. The van der Waals surface area contributed by atoms with Gasteiger partial charge in [-0.1, -0.05) is 12.1 Å². The number of rotatable bonds is 3. The lowest BCUT2D eigenvalue weighted by Crippen LogP contribution is -2.19. The van der Waals surface area contributed by atoms with Crippen LogP contribution in [0.1, 0.15) is 11.3 Å². The van der Waals surface area contributed by atoms with Gasteiger partial charge in [-0.3, -0.25) is 0 Å². The fourth-order valence-electron chi connectivity index (χ4n) is 1.91. The first-order valence-electron chi connectivity index (χ1n) is 5.67. The summed E-state index contributed by atoms with van der Waals surface area (Å²) < 4.78 is 38.6. The number of aromatic nitrogens is 2. The third-order valence-electron chi connectivity index (χ3n) is 2.76. The zero-order valence-corrected chi connectivity index (χ0v) is 10.1. The summed E-state index contributed by atoms with van der Waals surface area (Å²) in [4.78, 5) is 17.3. The summed E-state index contributed by atoms with van der Waals surface area (Å²) in [5.74, 6) is 0. The molecule has 1 aromatic carbocycles. The monoisotopic (exact) mass is 271 g/mol. The van der Waals surface area contributed by atoms with Crippen molar-refractivity contribution in [3.63, 3.8) is 0 Å². The molecule has 0 saturated carbocycles. The fraction of sp³-hybridized carbons (Fsp3) is 0.333. The van der Waals surface area contributed by atoms with Crippen LogP contribution in [-0.2, 0) is 12.6 Å². The number of nitrogens with one attached hydrogen (secondary N) is 2. The van der Waals surface area contributed by atoms with E-state index in [4.69, 9.17) is 0 Å². The second kappa shape index (κ2) is 5.00. The molecule has 2 rings (SSSR count). The SMILES string of the molecule is CNCCc1[nH]c(=O)nc2c(C(F)(F)F)cccc12. The van der Waals surface area contributed by atoms with Crippen molar-refractivity contribution in [2.75, 3.05) is 13.6 Å². The van der Waals surface area contributed by atoms with Crippen LogP contribution < -0.4 is 11.0 Å². The van der Waals surface area contributed by atoms with E-state index >= 15 is 0 Å². The molecule has 0 spiro atoms. The highest BCUT2D eigenvalue weighted by Gasteiger charge is 2.33. The molecule has 0 aliphatic carbocycles. The zero-order chi connectivity index (χ0) is 14.0. The summed E-state index contributed by atoms with van der Waals surface area (Å²) in [7, 11) is 1.72. The number of benzene rings is 1. The van der Waals surface area contributed by atoms with Gasteiger partial charge in [0.25, 0.3) is 0 Å². The number of hydrogen-bond acceptors (Lipinski definition) is 3. The van der Waals surface area contributed by atoms with Gasteiger partial charge in [0.1, 0.15) is 0 Å². The number of likely N-dealkylation sites (N-methyl/N-ethyl adjacent to an activating group) is 1. The van der Waals surface area contributed by atoms with Crippen LogP contribution in [0.15, 0.2) is 23.0 Å². The third kappa shape index (κ3) is 2.76. The molecule has 19 heavy (non-hydrogen) atoms. The van der Waals surface area contributed by atoms with E-state index in [1.165, 1.54) is 12.1 Å². The van der Waals surface area contributed by atoms with E-state index in [1.54, 1.807) is 7.05 Å². The summed E-state index contributed by atoms with van der Waals surface area (Å²) in [6.07, 6.45) is -4.10. The molecule has 1 heterocycles. The molecular weight excluding hydrogens is 259 g/mol. The van der Waals surface area contributed by atoms with Crippen LogP contribution >= 0.6 is 0 Å². The maximum atomic E-state index is 12.9. The van der Waals surface area contributed by atoms with E-state index in [9.17, 15) is 18.0 Å². The van der Waals surface area contributed by atoms with Crippen molar-refractivity contribution < 1.29 is 13.2 Å². The number of fused-ring (bicyclic) bond motifs is 1. The minimum Gasteiger partial charge on any atom is -0.319 e. The average molecular weight is 271 g/mol. The first kappa shape index (κ1) is 13.5. The Labute approximate surface area is 106 Å². The molecule has 2 aromatic rings. The second-order valence-electron chi connectivity index (χ2n) is 4.07. The van der Waals surface area contributed by atoms with Crippen LogP contribution in [0, 0.1) is 0 Å². The summed E-state index contributed by atoms with van der Waals surface area (Å²) >= 11 is 0. The molecule has 0 aliphatic heterocycles. The van der Waals surface area contributed by atoms with Gasteiger partial charge < -0.3 is 10.3 Å². The van der Waals surface area contributed by atoms with Crippen LogP contribution in [0.25, 0.3) is 10.9 Å². The van der Waals surface area contributed by atoms with Gasteiger partial charge in [0, 0.05) is 24.0 Å². The predicted molar refractivity (Wildman–Crippen MR) is 65.0 cm³/mol. The van der Waals surface area contributed by atoms with Crippen molar-refractivity contribution in [3.05, 3.63) is 39.9 Å². The Morgan fingerprint density at radius 1 is 1.37 bits per heavy atom. The first-order valence-corrected chi connectivity index (χ1v) is 5.67. The number of hydrogen-bond donors (Lipinski definition) is 2. The first-order chi connectivity index (χ1) is 8.93. The van der Waals surface area contributed by atoms with Gasteiger partial charge in [-0.2, -0.15) is 18.2 Å². The third-order valence-corrected chi connectivity index (χ3v) is 2.76. The number of H-pyrrole nitrogens is 1.